The fraction of sp³-hybridized carbons (Fsp3) is 0.400. The van der Waals surface area contributed by atoms with Gasteiger partial charge in [-0.2, -0.15) is 18.3 Å². The molecule has 8 heteroatoms. The molecular formula is C15H15F3N4O. The number of aromatic nitrogens is 3. The van der Waals surface area contributed by atoms with Crippen LogP contribution in [-0.2, 0) is 11.3 Å². The van der Waals surface area contributed by atoms with E-state index < -0.39 is 24.5 Å². The highest BCUT2D eigenvalue weighted by Crippen LogP contribution is 2.29. The van der Waals surface area contributed by atoms with Gasteiger partial charge in [-0.05, 0) is 6.92 Å². The Morgan fingerprint density at radius 1 is 1.26 bits per heavy atom. The van der Waals surface area contributed by atoms with E-state index in [9.17, 15) is 18.0 Å². The van der Waals surface area contributed by atoms with Crippen LogP contribution in [0, 0.1) is 0 Å². The van der Waals surface area contributed by atoms with Crippen LogP contribution in [0.4, 0.5) is 13.2 Å². The van der Waals surface area contributed by atoms with Crippen molar-refractivity contribution in [3.05, 3.63) is 36.2 Å². The summed E-state index contributed by atoms with van der Waals surface area (Å²) < 4.78 is 38.9. The monoisotopic (exact) mass is 324 g/mol. The van der Waals surface area contributed by atoms with Crippen molar-refractivity contribution in [1.29, 1.82) is 0 Å². The van der Waals surface area contributed by atoms with Crippen LogP contribution in [0.3, 0.4) is 0 Å². The van der Waals surface area contributed by atoms with E-state index in [-0.39, 0.29) is 6.54 Å². The fourth-order valence-electron chi connectivity index (χ4n) is 2.69. The minimum absolute atomic E-state index is 0.195. The van der Waals surface area contributed by atoms with Crippen molar-refractivity contribution in [3.8, 4) is 11.4 Å². The van der Waals surface area contributed by atoms with E-state index >= 15 is 0 Å². The summed E-state index contributed by atoms with van der Waals surface area (Å²) in [6.45, 7) is 2.20. The molecule has 1 aliphatic heterocycles. The summed E-state index contributed by atoms with van der Waals surface area (Å²) in [7, 11) is 0. The largest absolute Gasteiger partial charge is 0.397 e. The summed E-state index contributed by atoms with van der Waals surface area (Å²) >= 11 is 0. The maximum absolute atomic E-state index is 12.4. The summed E-state index contributed by atoms with van der Waals surface area (Å²) in [4.78, 5) is 17.5. The van der Waals surface area contributed by atoms with E-state index in [2.05, 4.69) is 10.1 Å². The van der Waals surface area contributed by atoms with E-state index in [0.717, 1.165) is 5.56 Å². The third-order valence-electron chi connectivity index (χ3n) is 3.80. The summed E-state index contributed by atoms with van der Waals surface area (Å²) in [5.74, 6) is 0.0868. The molecule has 0 bridgehead atoms. The Kier molecular flexibility index (Phi) is 3.83. The first-order chi connectivity index (χ1) is 10.8. The number of benzene rings is 1. The number of hydrogen-bond acceptors (Lipinski definition) is 3. The minimum Gasteiger partial charge on any atom is -0.331 e. The second-order valence-corrected chi connectivity index (χ2v) is 5.44. The number of carbonyl (C=O) groups excluding carboxylic acids is 1. The summed E-state index contributed by atoms with van der Waals surface area (Å²) in [5.41, 5.74) is 0.828. The molecule has 0 unspecified atom stereocenters. The van der Waals surface area contributed by atoms with Crippen molar-refractivity contribution in [3.63, 3.8) is 0 Å². The normalized spacial score (nSPS) is 17.9. The molecule has 1 aromatic heterocycles. The van der Waals surface area contributed by atoms with Crippen LogP contribution in [0.15, 0.2) is 30.3 Å². The standard InChI is InChI=1S/C15H15F3N4O/c1-10-14-19-13(11-5-3-2-4-6-11)20-22(14)8-7-21(10)12(23)9-15(16,17)18/h2-6,10H,7-9H2,1H3/t10-/m0/s1. The van der Waals surface area contributed by atoms with Crippen LogP contribution in [0.25, 0.3) is 11.4 Å². The van der Waals surface area contributed by atoms with E-state index in [1.165, 1.54) is 4.90 Å². The lowest BCUT2D eigenvalue weighted by atomic mass is 10.2. The Labute approximate surface area is 130 Å². The van der Waals surface area contributed by atoms with Crippen molar-refractivity contribution < 1.29 is 18.0 Å². The summed E-state index contributed by atoms with van der Waals surface area (Å²) in [6.07, 6.45) is -5.95. The molecule has 5 nitrogen and oxygen atoms in total. The zero-order valence-electron chi connectivity index (χ0n) is 12.4. The first-order valence-electron chi connectivity index (χ1n) is 7.21. The zero-order chi connectivity index (χ0) is 16.6. The van der Waals surface area contributed by atoms with Crippen LogP contribution < -0.4 is 0 Å². The molecule has 0 saturated carbocycles. The number of rotatable bonds is 2. The average molecular weight is 324 g/mol. The molecule has 0 spiro atoms. The van der Waals surface area contributed by atoms with Gasteiger partial charge in [-0.25, -0.2) is 9.67 Å². The van der Waals surface area contributed by atoms with E-state index in [1.54, 1.807) is 11.6 Å². The lowest BCUT2D eigenvalue weighted by molar-refractivity contribution is -0.163. The average Bonchev–Trinajstić information content (AvgIpc) is 2.91. The highest BCUT2D eigenvalue weighted by molar-refractivity contribution is 5.77. The quantitative estimate of drug-likeness (QED) is 0.853. The van der Waals surface area contributed by atoms with E-state index in [4.69, 9.17) is 0 Å². The molecule has 1 aliphatic rings. The summed E-state index contributed by atoms with van der Waals surface area (Å²) in [5, 5.41) is 4.39. The predicted octanol–water partition coefficient (Wildman–Crippen LogP) is 2.80. The SMILES string of the molecule is C[C@H]1c2nc(-c3ccccc3)nn2CCN1C(=O)CC(F)(F)F. The van der Waals surface area contributed by atoms with Gasteiger partial charge in [0, 0.05) is 12.1 Å². The van der Waals surface area contributed by atoms with Crippen molar-refractivity contribution >= 4 is 5.91 Å². The highest BCUT2D eigenvalue weighted by Gasteiger charge is 2.37. The van der Waals surface area contributed by atoms with Gasteiger partial charge in [-0.3, -0.25) is 4.79 Å². The number of amides is 1. The predicted molar refractivity (Wildman–Crippen MR) is 76.3 cm³/mol. The van der Waals surface area contributed by atoms with Crippen molar-refractivity contribution in [1.82, 2.24) is 19.7 Å². The molecule has 0 saturated heterocycles. The molecule has 0 aliphatic carbocycles. The fourth-order valence-corrected chi connectivity index (χ4v) is 2.69. The first-order valence-corrected chi connectivity index (χ1v) is 7.21. The van der Waals surface area contributed by atoms with E-state index in [1.807, 2.05) is 30.3 Å². The van der Waals surface area contributed by atoms with Gasteiger partial charge < -0.3 is 4.90 Å². The van der Waals surface area contributed by atoms with Crippen LogP contribution in [-0.4, -0.2) is 38.3 Å². The maximum atomic E-state index is 12.4. The molecule has 1 amide bonds. The smallest absolute Gasteiger partial charge is 0.331 e. The Balaban J connectivity index is 1.84. The third-order valence-corrected chi connectivity index (χ3v) is 3.80. The van der Waals surface area contributed by atoms with Gasteiger partial charge in [0.1, 0.15) is 12.2 Å². The maximum Gasteiger partial charge on any atom is 0.397 e. The van der Waals surface area contributed by atoms with Crippen LogP contribution in [0.2, 0.25) is 0 Å². The molecule has 122 valence electrons. The van der Waals surface area contributed by atoms with Gasteiger partial charge in [0.15, 0.2) is 5.82 Å². The molecular weight excluding hydrogens is 309 g/mol. The Morgan fingerprint density at radius 3 is 2.61 bits per heavy atom. The number of carbonyl (C=O) groups is 1. The van der Waals surface area contributed by atoms with Gasteiger partial charge in [0.05, 0.1) is 12.6 Å². The Bertz CT molecular complexity index is 711. The Hall–Kier alpha value is -2.38. The molecule has 1 aromatic carbocycles. The number of fused-ring (bicyclic) bond motifs is 1. The topological polar surface area (TPSA) is 51.0 Å². The number of nitrogens with zero attached hydrogens (tertiary/aromatic N) is 4. The van der Waals surface area contributed by atoms with Gasteiger partial charge in [0.2, 0.25) is 5.91 Å². The lowest BCUT2D eigenvalue weighted by Gasteiger charge is -2.33. The van der Waals surface area contributed by atoms with Crippen molar-refractivity contribution in [2.24, 2.45) is 0 Å². The summed E-state index contributed by atoms with van der Waals surface area (Å²) in [6, 6.07) is 8.77. The van der Waals surface area contributed by atoms with Crippen molar-refractivity contribution in [2.75, 3.05) is 6.54 Å². The third kappa shape index (κ3) is 3.20. The molecule has 0 N–H and O–H groups in total. The van der Waals surface area contributed by atoms with Crippen LogP contribution in [0.1, 0.15) is 25.2 Å². The van der Waals surface area contributed by atoms with Gasteiger partial charge in [-0.15, -0.1) is 0 Å². The number of halogens is 3. The second-order valence-electron chi connectivity index (χ2n) is 5.44. The molecule has 2 heterocycles. The molecule has 0 fully saturated rings. The zero-order valence-corrected chi connectivity index (χ0v) is 12.4. The van der Waals surface area contributed by atoms with Gasteiger partial charge >= 0.3 is 6.18 Å². The van der Waals surface area contributed by atoms with Crippen LogP contribution in [0.5, 0.6) is 0 Å². The number of alkyl halides is 3. The van der Waals surface area contributed by atoms with Crippen molar-refractivity contribution in [2.45, 2.75) is 32.1 Å². The second kappa shape index (κ2) is 5.68. The lowest BCUT2D eigenvalue weighted by Crippen LogP contribution is -2.42. The van der Waals surface area contributed by atoms with Crippen LogP contribution >= 0.6 is 0 Å². The molecule has 2 aromatic rings. The first kappa shape index (κ1) is 15.5. The molecule has 1 atom stereocenters. The molecule has 3 rings (SSSR count). The Morgan fingerprint density at radius 2 is 1.96 bits per heavy atom. The highest BCUT2D eigenvalue weighted by atomic mass is 19.4. The minimum atomic E-state index is -4.50. The van der Waals surface area contributed by atoms with Gasteiger partial charge in [-0.1, -0.05) is 30.3 Å². The number of hydrogen-bond donors (Lipinski definition) is 0. The van der Waals surface area contributed by atoms with Gasteiger partial charge in [0.25, 0.3) is 0 Å². The van der Waals surface area contributed by atoms with E-state index in [0.29, 0.717) is 18.2 Å². The molecule has 0 radical (unpaired) electrons. The molecule has 23 heavy (non-hydrogen) atoms.